The first-order valence-corrected chi connectivity index (χ1v) is 11.8. The van der Waals surface area contributed by atoms with Crippen LogP contribution >= 0.6 is 0 Å². The van der Waals surface area contributed by atoms with Gasteiger partial charge < -0.3 is 10.2 Å². The van der Waals surface area contributed by atoms with Crippen LogP contribution in [0.5, 0.6) is 0 Å². The summed E-state index contributed by atoms with van der Waals surface area (Å²) in [4.78, 5) is 27.9. The molecule has 2 heterocycles. The summed E-state index contributed by atoms with van der Waals surface area (Å²) in [6.07, 6.45) is 9.10. The van der Waals surface area contributed by atoms with Crippen LogP contribution in [0.3, 0.4) is 0 Å². The van der Waals surface area contributed by atoms with E-state index in [9.17, 15) is 9.59 Å². The lowest BCUT2D eigenvalue weighted by molar-refractivity contribution is -0.137. The summed E-state index contributed by atoms with van der Waals surface area (Å²) in [6, 6.07) is 10.6. The highest BCUT2D eigenvalue weighted by molar-refractivity contribution is 5.81. The fourth-order valence-electron chi connectivity index (χ4n) is 5.71. The van der Waals surface area contributed by atoms with E-state index < -0.39 is 0 Å². The van der Waals surface area contributed by atoms with Gasteiger partial charge in [0.1, 0.15) is 0 Å². The van der Waals surface area contributed by atoms with E-state index in [2.05, 4.69) is 44.7 Å². The molecular weight excluding hydrogens is 388 g/mol. The number of benzene rings is 1. The van der Waals surface area contributed by atoms with E-state index in [0.717, 1.165) is 64.5 Å². The van der Waals surface area contributed by atoms with E-state index in [4.69, 9.17) is 0 Å². The molecule has 1 aromatic carbocycles. The molecule has 1 saturated heterocycles. The van der Waals surface area contributed by atoms with Gasteiger partial charge >= 0.3 is 0 Å². The van der Waals surface area contributed by atoms with E-state index in [1.165, 1.54) is 16.8 Å². The quantitative estimate of drug-likeness (QED) is 0.797. The predicted octanol–water partition coefficient (Wildman–Crippen LogP) is 3.21. The monoisotopic (exact) mass is 420 g/mol. The highest BCUT2D eigenvalue weighted by Crippen LogP contribution is 2.31. The Morgan fingerprint density at radius 1 is 0.903 bits per heavy atom. The van der Waals surface area contributed by atoms with Crippen molar-refractivity contribution in [2.75, 3.05) is 13.1 Å². The highest BCUT2D eigenvalue weighted by Gasteiger charge is 2.34. The predicted molar refractivity (Wildman–Crippen MR) is 118 cm³/mol. The second-order valence-corrected chi connectivity index (χ2v) is 9.54. The molecule has 2 N–H and O–H groups in total. The molecule has 0 atom stereocenters. The average Bonchev–Trinajstić information content (AvgIpc) is 3.49. The number of piperidine rings is 1. The number of aromatic amines is 1. The molecule has 1 saturated carbocycles. The van der Waals surface area contributed by atoms with Crippen molar-refractivity contribution in [3.05, 3.63) is 53.3 Å². The number of H-pyrrole nitrogens is 1. The minimum absolute atomic E-state index is 0.0629. The molecule has 0 bridgehead atoms. The van der Waals surface area contributed by atoms with Gasteiger partial charge in [0.2, 0.25) is 11.8 Å². The van der Waals surface area contributed by atoms with E-state index in [-0.39, 0.29) is 23.8 Å². The molecule has 1 aromatic heterocycles. The van der Waals surface area contributed by atoms with Crippen LogP contribution in [-0.4, -0.2) is 46.0 Å². The topological polar surface area (TPSA) is 78.1 Å². The fourth-order valence-corrected chi connectivity index (χ4v) is 5.71. The third-order valence-electron chi connectivity index (χ3n) is 7.61. The Balaban J connectivity index is 1.06. The van der Waals surface area contributed by atoms with Crippen molar-refractivity contribution in [2.45, 2.75) is 63.3 Å². The molecule has 5 rings (SSSR count). The van der Waals surface area contributed by atoms with Gasteiger partial charge in [0.25, 0.3) is 0 Å². The van der Waals surface area contributed by atoms with Crippen molar-refractivity contribution in [1.82, 2.24) is 20.4 Å². The van der Waals surface area contributed by atoms with Crippen LogP contribution in [-0.2, 0) is 22.4 Å². The molecule has 3 aliphatic rings. The Morgan fingerprint density at radius 3 is 2.19 bits per heavy atom. The summed E-state index contributed by atoms with van der Waals surface area (Å²) < 4.78 is 0. The van der Waals surface area contributed by atoms with Gasteiger partial charge in [-0.1, -0.05) is 24.3 Å². The van der Waals surface area contributed by atoms with Crippen molar-refractivity contribution in [2.24, 2.45) is 11.8 Å². The molecule has 164 valence electrons. The number of amides is 2. The number of hydrogen-bond donors (Lipinski definition) is 2. The summed E-state index contributed by atoms with van der Waals surface area (Å²) >= 11 is 0. The molecule has 31 heavy (non-hydrogen) atoms. The SMILES string of the molecule is O=C(NC1CCC(C(=O)N2CCC(c3ccn[nH]3)CC2)CC1)C1Cc2ccccc2C1. The van der Waals surface area contributed by atoms with Gasteiger partial charge in [0, 0.05) is 48.8 Å². The zero-order valence-corrected chi connectivity index (χ0v) is 18.1. The summed E-state index contributed by atoms with van der Waals surface area (Å²) in [6.45, 7) is 1.67. The van der Waals surface area contributed by atoms with Gasteiger partial charge in [0.15, 0.2) is 0 Å². The van der Waals surface area contributed by atoms with Gasteiger partial charge in [-0.3, -0.25) is 14.7 Å². The number of carbonyl (C=O) groups is 2. The molecule has 6 nitrogen and oxygen atoms in total. The van der Waals surface area contributed by atoms with Gasteiger partial charge in [-0.15, -0.1) is 0 Å². The van der Waals surface area contributed by atoms with E-state index in [1.54, 1.807) is 6.20 Å². The Bertz CT molecular complexity index is 884. The molecule has 0 radical (unpaired) electrons. The number of rotatable bonds is 4. The van der Waals surface area contributed by atoms with E-state index in [1.807, 2.05) is 6.07 Å². The highest BCUT2D eigenvalue weighted by atomic mass is 16.2. The normalized spacial score (nSPS) is 24.7. The molecule has 2 amide bonds. The first-order chi connectivity index (χ1) is 15.2. The molecule has 6 heteroatoms. The molecule has 1 aliphatic heterocycles. The summed E-state index contributed by atoms with van der Waals surface area (Å²) in [7, 11) is 0. The number of fused-ring (bicyclic) bond motifs is 1. The average molecular weight is 421 g/mol. The molecule has 2 aliphatic carbocycles. The zero-order chi connectivity index (χ0) is 21.2. The third kappa shape index (κ3) is 4.39. The maximum absolute atomic E-state index is 13.0. The number of likely N-dealkylation sites (tertiary alicyclic amines) is 1. The number of nitrogens with zero attached hydrogens (tertiary/aromatic N) is 2. The standard InChI is InChI=1S/C25H32N4O2/c30-24(21-15-19-3-1-2-4-20(19)16-21)27-22-7-5-18(6-8-22)25(31)29-13-10-17(11-14-29)23-9-12-26-28-23/h1-4,9,12,17-18,21-22H,5-8,10-11,13-16H2,(H,26,28)(H,27,30). The zero-order valence-electron chi connectivity index (χ0n) is 18.1. The first-order valence-electron chi connectivity index (χ1n) is 11.8. The second kappa shape index (κ2) is 8.85. The summed E-state index contributed by atoms with van der Waals surface area (Å²) in [5, 5.41) is 10.4. The largest absolute Gasteiger partial charge is 0.353 e. The van der Waals surface area contributed by atoms with Crippen molar-refractivity contribution in [1.29, 1.82) is 0 Å². The number of aromatic nitrogens is 2. The van der Waals surface area contributed by atoms with Crippen molar-refractivity contribution < 1.29 is 9.59 Å². The molecule has 0 unspecified atom stereocenters. The first kappa shape index (κ1) is 20.3. The van der Waals surface area contributed by atoms with Crippen molar-refractivity contribution in [3.8, 4) is 0 Å². The van der Waals surface area contributed by atoms with E-state index >= 15 is 0 Å². The minimum atomic E-state index is 0.0629. The summed E-state index contributed by atoms with van der Waals surface area (Å²) in [5.41, 5.74) is 3.82. The van der Waals surface area contributed by atoms with Crippen molar-refractivity contribution >= 4 is 11.8 Å². The molecule has 0 spiro atoms. The van der Waals surface area contributed by atoms with Crippen LogP contribution in [0.15, 0.2) is 36.5 Å². The second-order valence-electron chi connectivity index (χ2n) is 9.54. The van der Waals surface area contributed by atoms with Gasteiger partial charge in [0.05, 0.1) is 0 Å². The molecule has 2 aromatic rings. The van der Waals surface area contributed by atoms with Gasteiger partial charge in [-0.25, -0.2) is 0 Å². The number of nitrogens with one attached hydrogen (secondary N) is 2. The van der Waals surface area contributed by atoms with Crippen molar-refractivity contribution in [3.63, 3.8) is 0 Å². The lowest BCUT2D eigenvalue weighted by Crippen LogP contribution is -2.45. The van der Waals surface area contributed by atoms with Crippen LogP contribution in [0, 0.1) is 11.8 Å². The maximum Gasteiger partial charge on any atom is 0.225 e. The van der Waals surface area contributed by atoms with Gasteiger partial charge in [-0.2, -0.15) is 5.10 Å². The number of carbonyl (C=O) groups excluding carboxylic acids is 2. The van der Waals surface area contributed by atoms with Crippen LogP contribution in [0.4, 0.5) is 0 Å². The van der Waals surface area contributed by atoms with E-state index in [0.29, 0.717) is 11.8 Å². The lowest BCUT2D eigenvalue weighted by Gasteiger charge is -2.36. The van der Waals surface area contributed by atoms with Crippen LogP contribution in [0.25, 0.3) is 0 Å². The Hall–Kier alpha value is -2.63. The Labute approximate surface area is 183 Å². The third-order valence-corrected chi connectivity index (χ3v) is 7.61. The van der Waals surface area contributed by atoms with Crippen LogP contribution in [0.2, 0.25) is 0 Å². The molecular formula is C25H32N4O2. The van der Waals surface area contributed by atoms with Gasteiger partial charge in [-0.05, 0) is 68.6 Å². The summed E-state index contributed by atoms with van der Waals surface area (Å²) in [5.74, 6) is 1.17. The maximum atomic E-state index is 13.0. The number of hydrogen-bond acceptors (Lipinski definition) is 3. The Kier molecular flexibility index (Phi) is 5.79. The lowest BCUT2D eigenvalue weighted by atomic mass is 9.84. The smallest absolute Gasteiger partial charge is 0.225 e. The fraction of sp³-hybridized carbons (Fsp3) is 0.560. The van der Waals surface area contributed by atoms with Crippen LogP contribution in [0.1, 0.15) is 61.3 Å². The van der Waals surface area contributed by atoms with Crippen LogP contribution < -0.4 is 5.32 Å². The molecule has 2 fully saturated rings. The Morgan fingerprint density at radius 2 is 1.58 bits per heavy atom. The minimum Gasteiger partial charge on any atom is -0.353 e.